The molecule has 1 unspecified atom stereocenters. The van der Waals surface area contributed by atoms with Crippen LogP contribution in [0.15, 0.2) is 24.3 Å². The summed E-state index contributed by atoms with van der Waals surface area (Å²) in [5.41, 5.74) is 1.31. The quantitative estimate of drug-likeness (QED) is 0.618. The predicted molar refractivity (Wildman–Crippen MR) is 52.7 cm³/mol. The lowest BCUT2D eigenvalue weighted by atomic mass is 10.0. The number of para-hydroxylation sites is 1. The fraction of sp³-hybridized carbons (Fsp3) is 0.400. The summed E-state index contributed by atoms with van der Waals surface area (Å²) in [6.45, 7) is 2.06. The van der Waals surface area contributed by atoms with Crippen LogP contribution < -0.4 is 4.74 Å². The number of ether oxygens (including phenoxy) is 1. The smallest absolute Gasteiger partial charge is 0.160 e. The van der Waals surface area contributed by atoms with Crippen LogP contribution in [0.2, 0.25) is 0 Å². The molecule has 0 saturated carbocycles. The van der Waals surface area contributed by atoms with Crippen LogP contribution in [0.4, 0.5) is 0 Å². The molecule has 64 valence electrons. The highest BCUT2D eigenvalue weighted by atomic mass is 79.9. The molecular formula is C10H11BrO. The van der Waals surface area contributed by atoms with Crippen LogP contribution >= 0.6 is 15.9 Å². The van der Waals surface area contributed by atoms with Crippen molar-refractivity contribution in [2.24, 2.45) is 0 Å². The molecule has 12 heavy (non-hydrogen) atoms. The number of halogens is 1. The van der Waals surface area contributed by atoms with E-state index in [9.17, 15) is 0 Å². The van der Waals surface area contributed by atoms with E-state index in [1.165, 1.54) is 5.56 Å². The van der Waals surface area contributed by atoms with Crippen molar-refractivity contribution in [3.63, 3.8) is 0 Å². The molecule has 0 amide bonds. The first-order valence-electron chi connectivity index (χ1n) is 4.13. The van der Waals surface area contributed by atoms with Crippen molar-refractivity contribution >= 4 is 15.9 Å². The molecule has 2 rings (SSSR count). The fourth-order valence-corrected chi connectivity index (χ4v) is 1.82. The van der Waals surface area contributed by atoms with Gasteiger partial charge in [0.1, 0.15) is 5.75 Å². The van der Waals surface area contributed by atoms with Crippen molar-refractivity contribution < 1.29 is 4.74 Å². The van der Waals surface area contributed by atoms with Crippen LogP contribution in [0, 0.1) is 0 Å². The molecule has 0 aromatic heterocycles. The minimum atomic E-state index is -0.165. The Morgan fingerprint density at radius 2 is 2.17 bits per heavy atom. The fourth-order valence-electron chi connectivity index (χ4n) is 1.45. The Morgan fingerprint density at radius 3 is 3.00 bits per heavy atom. The summed E-state index contributed by atoms with van der Waals surface area (Å²) in [5.74, 6) is 1.02. The summed E-state index contributed by atoms with van der Waals surface area (Å²) in [6.07, 6.45) is 2.13. The van der Waals surface area contributed by atoms with Gasteiger partial charge in [0.15, 0.2) is 4.51 Å². The molecule has 1 aromatic rings. The van der Waals surface area contributed by atoms with Gasteiger partial charge >= 0.3 is 0 Å². The van der Waals surface area contributed by atoms with Crippen LogP contribution in [0.5, 0.6) is 5.75 Å². The summed E-state index contributed by atoms with van der Waals surface area (Å²) in [6, 6.07) is 8.21. The van der Waals surface area contributed by atoms with Crippen LogP contribution in [0.1, 0.15) is 18.9 Å². The van der Waals surface area contributed by atoms with Gasteiger partial charge in [-0.15, -0.1) is 0 Å². The molecule has 1 aliphatic rings. The molecule has 0 saturated heterocycles. The van der Waals surface area contributed by atoms with Gasteiger partial charge in [-0.2, -0.15) is 0 Å². The first kappa shape index (κ1) is 8.11. The van der Waals surface area contributed by atoms with E-state index in [0.717, 1.165) is 18.6 Å². The molecule has 1 nitrogen and oxygen atoms in total. The molecule has 0 spiro atoms. The number of fused-ring (bicyclic) bond motifs is 1. The second kappa shape index (κ2) is 2.77. The maximum absolute atomic E-state index is 5.74. The molecule has 1 aliphatic heterocycles. The monoisotopic (exact) mass is 226 g/mol. The molecule has 0 N–H and O–H groups in total. The highest BCUT2D eigenvalue weighted by Gasteiger charge is 2.27. The Morgan fingerprint density at radius 1 is 1.42 bits per heavy atom. The van der Waals surface area contributed by atoms with Crippen LogP contribution in [0.3, 0.4) is 0 Å². The molecule has 0 bridgehead atoms. The van der Waals surface area contributed by atoms with Crippen molar-refractivity contribution in [2.45, 2.75) is 24.3 Å². The zero-order chi connectivity index (χ0) is 8.60. The Balaban J connectivity index is 2.35. The highest BCUT2D eigenvalue weighted by molar-refractivity contribution is 9.10. The Bertz CT molecular complexity index is 294. The van der Waals surface area contributed by atoms with Crippen molar-refractivity contribution in [1.82, 2.24) is 0 Å². The van der Waals surface area contributed by atoms with Crippen LogP contribution in [-0.4, -0.2) is 4.51 Å². The van der Waals surface area contributed by atoms with Gasteiger partial charge < -0.3 is 4.74 Å². The van der Waals surface area contributed by atoms with E-state index >= 15 is 0 Å². The largest absolute Gasteiger partial charge is 0.476 e. The van der Waals surface area contributed by atoms with Crippen LogP contribution in [-0.2, 0) is 6.42 Å². The first-order chi connectivity index (χ1) is 5.67. The van der Waals surface area contributed by atoms with E-state index in [1.54, 1.807) is 0 Å². The molecule has 1 aromatic carbocycles. The second-order valence-corrected chi connectivity index (χ2v) is 4.99. The molecule has 0 aliphatic carbocycles. The van der Waals surface area contributed by atoms with Crippen molar-refractivity contribution in [2.75, 3.05) is 0 Å². The second-order valence-electron chi connectivity index (χ2n) is 3.31. The standard InChI is InChI=1S/C10H11BrO/c1-10(11)7-6-8-4-2-3-5-9(8)12-10/h2-5H,6-7H2,1H3. The summed E-state index contributed by atoms with van der Waals surface area (Å²) in [5, 5.41) is 0. The van der Waals surface area contributed by atoms with Gasteiger partial charge in [0, 0.05) is 6.42 Å². The maximum Gasteiger partial charge on any atom is 0.160 e. The predicted octanol–water partition coefficient (Wildman–Crippen LogP) is 3.12. The zero-order valence-electron chi connectivity index (χ0n) is 7.01. The lowest BCUT2D eigenvalue weighted by Gasteiger charge is -2.30. The number of aryl methyl sites for hydroxylation is 1. The summed E-state index contributed by atoms with van der Waals surface area (Å²) in [7, 11) is 0. The third kappa shape index (κ3) is 1.48. The van der Waals surface area contributed by atoms with E-state index in [4.69, 9.17) is 4.74 Å². The summed E-state index contributed by atoms with van der Waals surface area (Å²) in [4.78, 5) is 0. The minimum Gasteiger partial charge on any atom is -0.476 e. The third-order valence-corrected chi connectivity index (χ3v) is 2.69. The minimum absolute atomic E-state index is 0.165. The molecule has 1 atom stereocenters. The highest BCUT2D eigenvalue weighted by Crippen LogP contribution is 2.36. The summed E-state index contributed by atoms with van der Waals surface area (Å²) >= 11 is 3.54. The third-order valence-electron chi connectivity index (χ3n) is 2.14. The van der Waals surface area contributed by atoms with Gasteiger partial charge in [-0.25, -0.2) is 0 Å². The van der Waals surface area contributed by atoms with Gasteiger partial charge in [0.2, 0.25) is 0 Å². The average Bonchev–Trinajstić information content (AvgIpc) is 2.02. The van der Waals surface area contributed by atoms with Crippen molar-refractivity contribution in [1.29, 1.82) is 0 Å². The number of benzene rings is 1. The van der Waals surface area contributed by atoms with Gasteiger partial charge in [-0.05, 0) is 40.9 Å². The van der Waals surface area contributed by atoms with Gasteiger partial charge in [0.05, 0.1) is 0 Å². The van der Waals surface area contributed by atoms with Crippen molar-refractivity contribution in [3.8, 4) is 5.75 Å². The lowest BCUT2D eigenvalue weighted by Crippen LogP contribution is -2.29. The number of rotatable bonds is 0. The maximum atomic E-state index is 5.74. The normalized spacial score (nSPS) is 27.5. The van der Waals surface area contributed by atoms with Gasteiger partial charge in [-0.3, -0.25) is 0 Å². The van der Waals surface area contributed by atoms with Crippen LogP contribution in [0.25, 0.3) is 0 Å². The number of hydrogen-bond donors (Lipinski definition) is 0. The van der Waals surface area contributed by atoms with Crippen molar-refractivity contribution in [3.05, 3.63) is 29.8 Å². The molecular weight excluding hydrogens is 216 g/mol. The molecule has 1 heterocycles. The topological polar surface area (TPSA) is 9.23 Å². The van der Waals surface area contributed by atoms with E-state index in [0.29, 0.717) is 0 Å². The molecule has 0 fully saturated rings. The lowest BCUT2D eigenvalue weighted by molar-refractivity contribution is 0.165. The SMILES string of the molecule is CC1(Br)CCc2ccccc2O1. The first-order valence-corrected chi connectivity index (χ1v) is 4.92. The Hall–Kier alpha value is -0.500. The Kier molecular flexibility index (Phi) is 1.87. The molecule has 0 radical (unpaired) electrons. The van der Waals surface area contributed by atoms with E-state index in [-0.39, 0.29) is 4.51 Å². The van der Waals surface area contributed by atoms with Gasteiger partial charge in [-0.1, -0.05) is 18.2 Å². The summed E-state index contributed by atoms with van der Waals surface area (Å²) < 4.78 is 5.57. The zero-order valence-corrected chi connectivity index (χ0v) is 8.60. The average molecular weight is 227 g/mol. The van der Waals surface area contributed by atoms with E-state index < -0.39 is 0 Å². The number of alkyl halides is 1. The molecule has 2 heteroatoms. The number of hydrogen-bond acceptors (Lipinski definition) is 1. The van der Waals surface area contributed by atoms with E-state index in [2.05, 4.69) is 35.0 Å². The van der Waals surface area contributed by atoms with Gasteiger partial charge in [0.25, 0.3) is 0 Å². The van der Waals surface area contributed by atoms with E-state index in [1.807, 2.05) is 12.1 Å². The Labute approximate surface area is 80.9 Å².